The zero-order chi connectivity index (χ0) is 21.8. The van der Waals surface area contributed by atoms with Crippen molar-refractivity contribution in [3.8, 4) is 0 Å². The zero-order valence-electron chi connectivity index (χ0n) is 17.4. The van der Waals surface area contributed by atoms with Gasteiger partial charge in [-0.1, -0.05) is 35.9 Å². The molecular formula is C23H26ClN3O3. The minimum absolute atomic E-state index is 0.0578. The second-order valence-electron chi connectivity index (χ2n) is 7.88. The van der Waals surface area contributed by atoms with Gasteiger partial charge in [0.2, 0.25) is 5.91 Å². The molecule has 0 spiro atoms. The molecule has 1 heterocycles. The smallest absolute Gasteiger partial charge is 0.272 e. The fourth-order valence-electron chi connectivity index (χ4n) is 3.74. The quantitative estimate of drug-likeness (QED) is 0.394. The predicted molar refractivity (Wildman–Crippen MR) is 119 cm³/mol. The first kappa shape index (κ1) is 22.0. The van der Waals surface area contributed by atoms with Gasteiger partial charge in [-0.2, -0.15) is 0 Å². The van der Waals surface area contributed by atoms with Gasteiger partial charge in [-0.05, 0) is 50.1 Å². The first-order chi connectivity index (χ1) is 14.2. The Labute approximate surface area is 181 Å². The van der Waals surface area contributed by atoms with Gasteiger partial charge in [0.05, 0.1) is 4.92 Å². The van der Waals surface area contributed by atoms with Gasteiger partial charge in [-0.15, -0.1) is 0 Å². The molecule has 2 aromatic rings. The van der Waals surface area contributed by atoms with Crippen LogP contribution in [0.2, 0.25) is 5.02 Å². The highest BCUT2D eigenvalue weighted by atomic mass is 35.5. The van der Waals surface area contributed by atoms with Crippen molar-refractivity contribution >= 4 is 29.3 Å². The second-order valence-corrected chi connectivity index (χ2v) is 8.32. The van der Waals surface area contributed by atoms with Crippen molar-refractivity contribution < 1.29 is 9.72 Å². The monoisotopic (exact) mass is 427 g/mol. The molecule has 0 radical (unpaired) electrons. The molecule has 0 N–H and O–H groups in total. The fourth-order valence-corrected chi connectivity index (χ4v) is 3.87. The Morgan fingerprint density at radius 1 is 1.17 bits per heavy atom. The lowest BCUT2D eigenvalue weighted by Gasteiger charge is -2.44. The third-order valence-corrected chi connectivity index (χ3v) is 5.80. The van der Waals surface area contributed by atoms with Crippen LogP contribution in [0.3, 0.4) is 0 Å². The molecule has 1 saturated heterocycles. The molecule has 1 aliphatic heterocycles. The molecule has 0 bridgehead atoms. The van der Waals surface area contributed by atoms with Crippen LogP contribution in [0.5, 0.6) is 0 Å². The summed E-state index contributed by atoms with van der Waals surface area (Å²) in [5.74, 6) is -0.0799. The van der Waals surface area contributed by atoms with Gasteiger partial charge in [-0.3, -0.25) is 19.8 Å². The molecule has 0 saturated carbocycles. The van der Waals surface area contributed by atoms with E-state index in [1.807, 2.05) is 36.1 Å². The molecule has 1 fully saturated rings. The number of hydrogen-bond acceptors (Lipinski definition) is 4. The average Bonchev–Trinajstić information content (AvgIpc) is 2.71. The SMILES string of the molecule is Cc1ccc(/C=C/C(=O)N2C[C@@H](C)N(Cc3ccc(Cl)cc3)C[C@@H]2C)cc1[N+](=O)[O-]. The summed E-state index contributed by atoms with van der Waals surface area (Å²) < 4.78 is 0. The van der Waals surface area contributed by atoms with Gasteiger partial charge in [-0.25, -0.2) is 0 Å². The Morgan fingerprint density at radius 3 is 2.53 bits per heavy atom. The number of nitro groups is 1. The first-order valence-corrected chi connectivity index (χ1v) is 10.3. The number of amides is 1. The Balaban J connectivity index is 1.65. The summed E-state index contributed by atoms with van der Waals surface area (Å²) in [6.07, 6.45) is 3.15. The van der Waals surface area contributed by atoms with Crippen LogP contribution in [0.25, 0.3) is 6.08 Å². The number of rotatable bonds is 5. The summed E-state index contributed by atoms with van der Waals surface area (Å²) in [4.78, 5) is 27.7. The molecule has 2 aromatic carbocycles. The Hall–Kier alpha value is -2.70. The van der Waals surface area contributed by atoms with E-state index in [1.165, 1.54) is 17.7 Å². The van der Waals surface area contributed by atoms with Crippen LogP contribution >= 0.6 is 11.6 Å². The van der Waals surface area contributed by atoms with Gasteiger partial charge >= 0.3 is 0 Å². The van der Waals surface area contributed by atoms with E-state index in [4.69, 9.17) is 11.6 Å². The van der Waals surface area contributed by atoms with E-state index >= 15 is 0 Å². The highest BCUT2D eigenvalue weighted by Gasteiger charge is 2.31. The standard InChI is InChI=1S/C23H26ClN3O3/c1-16-4-5-19(12-22(16)27(29)30)8-11-23(28)26-14-17(2)25(13-18(26)3)15-20-6-9-21(24)10-7-20/h4-12,17-18H,13-15H2,1-3H3/b11-8+/t17-,18+/m1/s1. The van der Waals surface area contributed by atoms with Crippen LogP contribution in [-0.2, 0) is 11.3 Å². The van der Waals surface area contributed by atoms with E-state index in [2.05, 4.69) is 11.8 Å². The van der Waals surface area contributed by atoms with Gasteiger partial charge in [0.1, 0.15) is 0 Å². The van der Waals surface area contributed by atoms with E-state index in [0.29, 0.717) is 17.7 Å². The van der Waals surface area contributed by atoms with Crippen LogP contribution in [0.15, 0.2) is 48.5 Å². The summed E-state index contributed by atoms with van der Waals surface area (Å²) in [6.45, 7) is 8.08. The van der Waals surface area contributed by atoms with Crippen molar-refractivity contribution in [2.24, 2.45) is 0 Å². The van der Waals surface area contributed by atoms with E-state index in [9.17, 15) is 14.9 Å². The molecule has 7 heteroatoms. The Kier molecular flexibility index (Phi) is 6.90. The first-order valence-electron chi connectivity index (χ1n) is 9.97. The molecule has 30 heavy (non-hydrogen) atoms. The number of nitro benzene ring substituents is 1. The lowest BCUT2D eigenvalue weighted by molar-refractivity contribution is -0.385. The zero-order valence-corrected chi connectivity index (χ0v) is 18.2. The minimum Gasteiger partial charge on any atom is -0.334 e. The number of carbonyl (C=O) groups excluding carboxylic acids is 1. The number of carbonyl (C=O) groups is 1. The van der Waals surface area contributed by atoms with Crippen LogP contribution < -0.4 is 0 Å². The molecule has 0 aliphatic carbocycles. The van der Waals surface area contributed by atoms with Crippen molar-refractivity contribution in [3.63, 3.8) is 0 Å². The van der Waals surface area contributed by atoms with Gasteiger partial charge < -0.3 is 4.90 Å². The maximum Gasteiger partial charge on any atom is 0.272 e. The van der Waals surface area contributed by atoms with Crippen molar-refractivity contribution in [3.05, 3.63) is 80.4 Å². The molecular weight excluding hydrogens is 402 g/mol. The number of halogens is 1. The normalized spacial score (nSPS) is 19.9. The van der Waals surface area contributed by atoms with Crippen LogP contribution in [0, 0.1) is 17.0 Å². The number of hydrogen-bond donors (Lipinski definition) is 0. The maximum atomic E-state index is 12.8. The Bertz CT molecular complexity index is 959. The molecule has 158 valence electrons. The topological polar surface area (TPSA) is 66.7 Å². The molecule has 0 aromatic heterocycles. The van der Waals surface area contributed by atoms with Crippen LogP contribution in [0.4, 0.5) is 5.69 Å². The van der Waals surface area contributed by atoms with Gasteiger partial charge in [0.15, 0.2) is 0 Å². The second kappa shape index (κ2) is 9.41. The van der Waals surface area contributed by atoms with E-state index in [0.717, 1.165) is 18.1 Å². The third kappa shape index (κ3) is 5.26. The minimum atomic E-state index is -0.405. The van der Waals surface area contributed by atoms with E-state index in [-0.39, 0.29) is 23.7 Å². The van der Waals surface area contributed by atoms with E-state index < -0.39 is 4.92 Å². The van der Waals surface area contributed by atoms with Crippen molar-refractivity contribution in [2.75, 3.05) is 13.1 Å². The van der Waals surface area contributed by atoms with Gasteiger partial charge in [0.25, 0.3) is 5.69 Å². The highest BCUT2D eigenvalue weighted by molar-refractivity contribution is 6.30. The summed E-state index contributed by atoms with van der Waals surface area (Å²) in [5, 5.41) is 11.8. The predicted octanol–water partition coefficient (Wildman–Crippen LogP) is 4.69. The summed E-state index contributed by atoms with van der Waals surface area (Å²) in [7, 11) is 0. The highest BCUT2D eigenvalue weighted by Crippen LogP contribution is 2.22. The fraction of sp³-hybridized carbons (Fsp3) is 0.348. The van der Waals surface area contributed by atoms with Crippen LogP contribution in [0.1, 0.15) is 30.5 Å². The van der Waals surface area contributed by atoms with Crippen molar-refractivity contribution in [1.82, 2.24) is 9.80 Å². The summed E-state index contributed by atoms with van der Waals surface area (Å²) in [5.41, 5.74) is 2.49. The molecule has 1 aliphatic rings. The van der Waals surface area contributed by atoms with Crippen molar-refractivity contribution in [2.45, 2.75) is 39.4 Å². The molecule has 1 amide bonds. The Morgan fingerprint density at radius 2 is 1.87 bits per heavy atom. The van der Waals surface area contributed by atoms with Crippen molar-refractivity contribution in [1.29, 1.82) is 0 Å². The van der Waals surface area contributed by atoms with Gasteiger partial charge in [0, 0.05) is 54.4 Å². The number of aryl methyl sites for hydroxylation is 1. The largest absolute Gasteiger partial charge is 0.334 e. The van der Waals surface area contributed by atoms with E-state index in [1.54, 1.807) is 25.1 Å². The third-order valence-electron chi connectivity index (χ3n) is 5.55. The lowest BCUT2D eigenvalue weighted by atomic mass is 10.1. The lowest BCUT2D eigenvalue weighted by Crippen LogP contribution is -2.57. The maximum absolute atomic E-state index is 12.8. The average molecular weight is 428 g/mol. The number of benzene rings is 2. The molecule has 0 unspecified atom stereocenters. The summed E-state index contributed by atoms with van der Waals surface area (Å²) in [6, 6.07) is 13.1. The molecule has 3 rings (SSSR count). The summed E-state index contributed by atoms with van der Waals surface area (Å²) >= 11 is 5.97. The number of nitrogens with zero attached hydrogens (tertiary/aromatic N) is 3. The number of piperazine rings is 1. The van der Waals surface area contributed by atoms with Crippen LogP contribution in [-0.4, -0.2) is 45.8 Å². The molecule has 2 atom stereocenters. The molecule has 6 nitrogen and oxygen atoms in total.